The number of anilines is 1. The average molecular weight is 370 g/mol. The van der Waals surface area contributed by atoms with Crippen LogP contribution in [0, 0.1) is 0 Å². The molecule has 0 bridgehead atoms. The van der Waals surface area contributed by atoms with Crippen LogP contribution in [0.4, 0.5) is 10.5 Å². The van der Waals surface area contributed by atoms with Gasteiger partial charge in [0.05, 0.1) is 12.8 Å². The minimum Gasteiger partial charge on any atom is -0.494 e. The standard InChI is InChI=1S/C21H26N2O4/c1-14(24)22-13-15-11-16(21(2,3)4)12-18(19(15)26-5)23-20(25)27-17-9-7-6-8-10-17/h6-12H,13H2,1-5H3,(H,22,24)(H,23,25). The normalized spacial score (nSPS) is 10.9. The summed E-state index contributed by atoms with van der Waals surface area (Å²) in [5.74, 6) is 0.789. The Labute approximate surface area is 159 Å². The molecule has 2 aromatic rings. The second kappa shape index (κ2) is 8.58. The molecule has 6 nitrogen and oxygen atoms in total. The van der Waals surface area contributed by atoms with Crippen molar-refractivity contribution in [3.8, 4) is 11.5 Å². The van der Waals surface area contributed by atoms with E-state index in [0.29, 0.717) is 23.7 Å². The zero-order chi connectivity index (χ0) is 20.0. The van der Waals surface area contributed by atoms with Gasteiger partial charge < -0.3 is 14.8 Å². The molecule has 6 heteroatoms. The number of benzene rings is 2. The smallest absolute Gasteiger partial charge is 0.417 e. The van der Waals surface area contributed by atoms with Gasteiger partial charge in [-0.2, -0.15) is 0 Å². The summed E-state index contributed by atoms with van der Waals surface area (Å²) in [7, 11) is 1.52. The minimum atomic E-state index is -0.615. The van der Waals surface area contributed by atoms with Gasteiger partial charge in [0.15, 0.2) is 0 Å². The van der Waals surface area contributed by atoms with Crippen molar-refractivity contribution < 1.29 is 19.1 Å². The van der Waals surface area contributed by atoms with Crippen molar-refractivity contribution in [1.29, 1.82) is 0 Å². The maximum atomic E-state index is 12.3. The van der Waals surface area contributed by atoms with E-state index in [1.807, 2.05) is 18.2 Å². The number of nitrogens with one attached hydrogen (secondary N) is 2. The van der Waals surface area contributed by atoms with Gasteiger partial charge in [0, 0.05) is 19.0 Å². The van der Waals surface area contributed by atoms with Crippen molar-refractivity contribution in [2.24, 2.45) is 0 Å². The maximum absolute atomic E-state index is 12.3. The molecule has 0 aliphatic carbocycles. The lowest BCUT2D eigenvalue weighted by atomic mass is 9.85. The van der Waals surface area contributed by atoms with Gasteiger partial charge in [-0.15, -0.1) is 0 Å². The Bertz CT molecular complexity index is 811. The van der Waals surface area contributed by atoms with E-state index in [-0.39, 0.29) is 11.3 Å². The van der Waals surface area contributed by atoms with Gasteiger partial charge in [-0.1, -0.05) is 39.0 Å². The number of carbonyl (C=O) groups is 2. The van der Waals surface area contributed by atoms with E-state index in [4.69, 9.17) is 9.47 Å². The molecule has 0 aliphatic heterocycles. The molecule has 2 rings (SSSR count). The van der Waals surface area contributed by atoms with Crippen LogP contribution >= 0.6 is 0 Å². The van der Waals surface area contributed by atoms with Crippen LogP contribution in [-0.4, -0.2) is 19.1 Å². The first-order valence-corrected chi connectivity index (χ1v) is 8.70. The lowest BCUT2D eigenvalue weighted by Crippen LogP contribution is -2.22. The van der Waals surface area contributed by atoms with Crippen molar-refractivity contribution in [3.63, 3.8) is 0 Å². The molecule has 0 aliphatic rings. The van der Waals surface area contributed by atoms with Crippen LogP contribution in [0.25, 0.3) is 0 Å². The molecule has 27 heavy (non-hydrogen) atoms. The number of ether oxygens (including phenoxy) is 2. The highest BCUT2D eigenvalue weighted by molar-refractivity contribution is 5.89. The molecule has 0 heterocycles. The summed E-state index contributed by atoms with van der Waals surface area (Å²) in [6, 6.07) is 12.7. The molecule has 0 radical (unpaired) electrons. The van der Waals surface area contributed by atoms with E-state index in [1.165, 1.54) is 14.0 Å². The molecule has 2 aromatic carbocycles. The topological polar surface area (TPSA) is 76.7 Å². The van der Waals surface area contributed by atoms with Crippen LogP contribution in [0.2, 0.25) is 0 Å². The van der Waals surface area contributed by atoms with Crippen LogP contribution in [0.5, 0.6) is 11.5 Å². The molecule has 0 unspecified atom stereocenters. The van der Waals surface area contributed by atoms with Crippen molar-refractivity contribution >= 4 is 17.7 Å². The first-order chi connectivity index (χ1) is 12.7. The predicted octanol–water partition coefficient (Wildman–Crippen LogP) is 4.24. The lowest BCUT2D eigenvalue weighted by Gasteiger charge is -2.23. The number of methoxy groups -OCH3 is 1. The second-order valence-electron chi connectivity index (χ2n) is 7.20. The van der Waals surface area contributed by atoms with Crippen molar-refractivity contribution in [1.82, 2.24) is 5.32 Å². The van der Waals surface area contributed by atoms with Gasteiger partial charge in [0.2, 0.25) is 5.91 Å². The number of rotatable bonds is 5. The van der Waals surface area contributed by atoms with Crippen LogP contribution in [0.15, 0.2) is 42.5 Å². The average Bonchev–Trinajstić information content (AvgIpc) is 2.59. The zero-order valence-corrected chi connectivity index (χ0v) is 16.4. The van der Waals surface area contributed by atoms with Crippen LogP contribution in [-0.2, 0) is 16.8 Å². The number of hydrogen-bond acceptors (Lipinski definition) is 4. The van der Waals surface area contributed by atoms with Gasteiger partial charge in [-0.3, -0.25) is 10.1 Å². The summed E-state index contributed by atoms with van der Waals surface area (Å²) in [6.07, 6.45) is -0.615. The summed E-state index contributed by atoms with van der Waals surface area (Å²) >= 11 is 0. The Morgan fingerprint density at radius 3 is 2.30 bits per heavy atom. The van der Waals surface area contributed by atoms with Gasteiger partial charge in [0.1, 0.15) is 11.5 Å². The summed E-state index contributed by atoms with van der Waals surface area (Å²) < 4.78 is 10.8. The predicted molar refractivity (Wildman–Crippen MR) is 105 cm³/mol. The molecule has 2 amide bonds. The summed E-state index contributed by atoms with van der Waals surface area (Å²) in [5, 5.41) is 5.52. The van der Waals surface area contributed by atoms with Crippen molar-refractivity contribution in [2.75, 3.05) is 12.4 Å². The third kappa shape index (κ3) is 5.74. The fourth-order valence-corrected chi connectivity index (χ4v) is 2.54. The van der Waals surface area contributed by atoms with Crippen LogP contribution in [0.1, 0.15) is 38.8 Å². The van der Waals surface area contributed by atoms with E-state index in [1.54, 1.807) is 24.3 Å². The summed E-state index contributed by atoms with van der Waals surface area (Å²) in [6.45, 7) is 7.97. The van der Waals surface area contributed by atoms with E-state index >= 15 is 0 Å². The fraction of sp³-hybridized carbons (Fsp3) is 0.333. The third-order valence-electron chi connectivity index (χ3n) is 3.95. The zero-order valence-electron chi connectivity index (χ0n) is 16.4. The van der Waals surface area contributed by atoms with Crippen LogP contribution < -0.4 is 20.1 Å². The fourth-order valence-electron chi connectivity index (χ4n) is 2.54. The first-order valence-electron chi connectivity index (χ1n) is 8.70. The van der Waals surface area contributed by atoms with E-state index in [0.717, 1.165) is 11.1 Å². The lowest BCUT2D eigenvalue weighted by molar-refractivity contribution is -0.119. The highest BCUT2D eigenvalue weighted by Crippen LogP contribution is 2.35. The number of amides is 2. The number of carbonyl (C=O) groups excluding carboxylic acids is 2. The number of para-hydroxylation sites is 1. The summed E-state index contributed by atoms with van der Waals surface area (Å²) in [5.41, 5.74) is 2.11. The Balaban J connectivity index is 2.35. The highest BCUT2D eigenvalue weighted by Gasteiger charge is 2.21. The molecular weight excluding hydrogens is 344 g/mol. The molecule has 2 N–H and O–H groups in total. The molecule has 0 saturated heterocycles. The highest BCUT2D eigenvalue weighted by atomic mass is 16.6. The van der Waals surface area contributed by atoms with Gasteiger partial charge in [-0.05, 0) is 35.2 Å². The second-order valence-corrected chi connectivity index (χ2v) is 7.20. The third-order valence-corrected chi connectivity index (χ3v) is 3.95. The molecule has 0 fully saturated rings. The molecular formula is C21H26N2O4. The monoisotopic (exact) mass is 370 g/mol. The summed E-state index contributed by atoms with van der Waals surface area (Å²) in [4.78, 5) is 23.7. The van der Waals surface area contributed by atoms with Gasteiger partial charge in [-0.25, -0.2) is 4.79 Å². The van der Waals surface area contributed by atoms with Gasteiger partial charge in [0.25, 0.3) is 0 Å². The minimum absolute atomic E-state index is 0.142. The molecule has 0 atom stereocenters. The van der Waals surface area contributed by atoms with E-state index < -0.39 is 6.09 Å². The Hall–Kier alpha value is -3.02. The Morgan fingerprint density at radius 1 is 1.07 bits per heavy atom. The van der Waals surface area contributed by atoms with Crippen molar-refractivity contribution in [3.05, 3.63) is 53.6 Å². The maximum Gasteiger partial charge on any atom is 0.417 e. The molecule has 0 spiro atoms. The molecule has 144 valence electrons. The van der Waals surface area contributed by atoms with Gasteiger partial charge >= 0.3 is 6.09 Å². The SMILES string of the molecule is COc1c(CNC(C)=O)cc(C(C)(C)C)cc1NC(=O)Oc1ccccc1. The van der Waals surface area contributed by atoms with Crippen LogP contribution in [0.3, 0.4) is 0 Å². The molecule has 0 saturated carbocycles. The largest absolute Gasteiger partial charge is 0.494 e. The van der Waals surface area contributed by atoms with E-state index in [2.05, 4.69) is 31.4 Å². The Kier molecular flexibility index (Phi) is 6.45. The van der Waals surface area contributed by atoms with E-state index in [9.17, 15) is 9.59 Å². The molecule has 0 aromatic heterocycles. The van der Waals surface area contributed by atoms with Crippen molar-refractivity contribution in [2.45, 2.75) is 39.7 Å². The Morgan fingerprint density at radius 2 is 1.74 bits per heavy atom. The number of hydrogen-bond donors (Lipinski definition) is 2. The quantitative estimate of drug-likeness (QED) is 0.825. The first kappa shape index (κ1) is 20.3.